The smallest absolute Gasteiger partial charge is 0.369 e. The molecule has 30 heavy (non-hydrogen) atoms. The van der Waals surface area contributed by atoms with Gasteiger partial charge >= 0.3 is 12.4 Å². The normalized spacial score (nSPS) is 19.8. The Morgan fingerprint density at radius 3 is 1.93 bits per heavy atom. The van der Waals surface area contributed by atoms with Crippen LogP contribution < -0.4 is 4.90 Å². The minimum Gasteiger partial charge on any atom is -0.369 e. The van der Waals surface area contributed by atoms with Crippen LogP contribution in [-0.2, 0) is 15.6 Å². The molecule has 7 nitrogen and oxygen atoms in total. The lowest BCUT2D eigenvalue weighted by Crippen LogP contribution is -2.54. The van der Waals surface area contributed by atoms with Crippen LogP contribution in [0.25, 0.3) is 0 Å². The average molecular weight is 478 g/mol. The standard InChI is InChI=1S/C15H16F6N4O3S2/c16-14(17,18)13(26,15(19,20)21)10-8-22-12(23-9-10)24-3-5-25(6-4-24)30(27,28)11-2-1-7-29-11/h2,8-9,26H,1,3-7H2. The third kappa shape index (κ3) is 3.99. The lowest BCUT2D eigenvalue weighted by molar-refractivity contribution is -0.376. The molecule has 2 aliphatic heterocycles. The van der Waals surface area contributed by atoms with Crippen LogP contribution in [0.3, 0.4) is 0 Å². The molecule has 0 spiro atoms. The third-order valence-electron chi connectivity index (χ3n) is 4.67. The van der Waals surface area contributed by atoms with Crippen LogP contribution in [0, 0.1) is 0 Å². The molecular formula is C15H16F6N4O3S2. The number of sulfonamides is 1. The third-order valence-corrected chi connectivity index (χ3v) is 8.26. The lowest BCUT2D eigenvalue weighted by Gasteiger charge is -2.35. The van der Waals surface area contributed by atoms with Gasteiger partial charge in [0.2, 0.25) is 16.0 Å². The van der Waals surface area contributed by atoms with Crippen molar-refractivity contribution in [2.75, 3.05) is 36.8 Å². The molecule has 2 aliphatic rings. The molecular weight excluding hydrogens is 462 g/mol. The number of aliphatic hydroxyl groups is 1. The van der Waals surface area contributed by atoms with E-state index in [1.807, 2.05) is 0 Å². The Balaban J connectivity index is 1.74. The molecule has 0 unspecified atom stereocenters. The lowest BCUT2D eigenvalue weighted by atomic mass is 9.95. The highest BCUT2D eigenvalue weighted by molar-refractivity contribution is 8.18. The summed E-state index contributed by atoms with van der Waals surface area (Å²) in [7, 11) is -3.62. The van der Waals surface area contributed by atoms with E-state index < -0.39 is 33.5 Å². The number of hydrogen-bond acceptors (Lipinski definition) is 7. The highest BCUT2D eigenvalue weighted by Gasteiger charge is 2.71. The van der Waals surface area contributed by atoms with Gasteiger partial charge in [-0.25, -0.2) is 18.4 Å². The Hall–Kier alpha value is -1.58. The quantitative estimate of drug-likeness (QED) is 0.665. The van der Waals surface area contributed by atoms with Crippen molar-refractivity contribution >= 4 is 27.7 Å². The van der Waals surface area contributed by atoms with Crippen molar-refractivity contribution in [1.29, 1.82) is 0 Å². The second-order valence-corrected chi connectivity index (χ2v) is 9.83. The van der Waals surface area contributed by atoms with Crippen molar-refractivity contribution in [3.63, 3.8) is 0 Å². The molecule has 1 saturated heterocycles. The number of rotatable bonds is 4. The Morgan fingerprint density at radius 2 is 1.50 bits per heavy atom. The summed E-state index contributed by atoms with van der Waals surface area (Å²) in [5, 5.41) is 9.36. The van der Waals surface area contributed by atoms with Crippen molar-refractivity contribution < 1.29 is 39.9 Å². The summed E-state index contributed by atoms with van der Waals surface area (Å²) in [5.41, 5.74) is -6.66. The second-order valence-electron chi connectivity index (χ2n) is 6.53. The van der Waals surface area contributed by atoms with Crippen LogP contribution in [0.2, 0.25) is 0 Å². The molecule has 0 saturated carbocycles. The van der Waals surface area contributed by atoms with E-state index in [1.54, 1.807) is 6.08 Å². The number of thioether (sulfide) groups is 1. The number of hydrogen-bond donors (Lipinski definition) is 1. The molecule has 0 radical (unpaired) electrons. The Bertz CT molecular complexity index is 896. The molecule has 0 atom stereocenters. The van der Waals surface area contributed by atoms with E-state index in [9.17, 15) is 39.9 Å². The summed E-state index contributed by atoms with van der Waals surface area (Å²) in [6.45, 7) is 0.305. The van der Waals surface area contributed by atoms with Crippen LogP contribution in [0.5, 0.6) is 0 Å². The molecule has 0 amide bonds. The number of anilines is 1. The van der Waals surface area contributed by atoms with Gasteiger partial charge in [0.25, 0.3) is 5.60 Å². The molecule has 3 rings (SSSR count). The molecule has 15 heteroatoms. The minimum absolute atomic E-state index is 0.0559. The summed E-state index contributed by atoms with van der Waals surface area (Å²) < 4.78 is 104. The van der Waals surface area contributed by atoms with E-state index in [-0.39, 0.29) is 48.8 Å². The predicted octanol–water partition coefficient (Wildman–Crippen LogP) is 2.22. The van der Waals surface area contributed by atoms with E-state index in [0.717, 1.165) is 0 Å². The largest absolute Gasteiger partial charge is 0.430 e. The fraction of sp³-hybridized carbons (Fsp3) is 0.600. The van der Waals surface area contributed by atoms with Gasteiger partial charge in [-0.3, -0.25) is 0 Å². The molecule has 168 valence electrons. The topological polar surface area (TPSA) is 86.6 Å². The van der Waals surface area contributed by atoms with Gasteiger partial charge in [-0.2, -0.15) is 30.6 Å². The van der Waals surface area contributed by atoms with Crippen LogP contribution in [0.1, 0.15) is 12.0 Å². The molecule has 3 heterocycles. The molecule has 1 aromatic heterocycles. The maximum atomic E-state index is 12.9. The number of allylic oxidation sites excluding steroid dienone is 1. The monoisotopic (exact) mass is 478 g/mol. The molecule has 1 aromatic rings. The molecule has 1 N–H and O–H groups in total. The first kappa shape index (κ1) is 23.1. The molecule has 0 aromatic carbocycles. The van der Waals surface area contributed by atoms with Gasteiger partial charge in [0.15, 0.2) is 0 Å². The zero-order valence-corrected chi connectivity index (χ0v) is 16.7. The van der Waals surface area contributed by atoms with Gasteiger partial charge in [0.05, 0.1) is 0 Å². The van der Waals surface area contributed by atoms with Gasteiger partial charge in [-0.15, -0.1) is 11.8 Å². The maximum absolute atomic E-state index is 12.9. The van der Waals surface area contributed by atoms with Gasteiger partial charge < -0.3 is 10.0 Å². The predicted molar refractivity (Wildman–Crippen MR) is 95.9 cm³/mol. The summed E-state index contributed by atoms with van der Waals surface area (Å²) in [4.78, 5) is 8.50. The van der Waals surface area contributed by atoms with E-state index in [2.05, 4.69) is 9.97 Å². The maximum Gasteiger partial charge on any atom is 0.430 e. The van der Waals surface area contributed by atoms with Crippen LogP contribution in [-0.4, -0.2) is 72.1 Å². The van der Waals surface area contributed by atoms with Crippen molar-refractivity contribution in [3.8, 4) is 0 Å². The van der Waals surface area contributed by atoms with Gasteiger partial charge in [-0.05, 0) is 6.42 Å². The van der Waals surface area contributed by atoms with Gasteiger partial charge in [-0.1, -0.05) is 6.08 Å². The first-order chi connectivity index (χ1) is 13.8. The summed E-state index contributed by atoms with van der Waals surface area (Å²) in [5.74, 6) is 0.508. The van der Waals surface area contributed by atoms with Crippen molar-refractivity contribution in [2.24, 2.45) is 0 Å². The first-order valence-electron chi connectivity index (χ1n) is 8.55. The van der Waals surface area contributed by atoms with Gasteiger partial charge in [0, 0.05) is 49.9 Å². The van der Waals surface area contributed by atoms with Crippen molar-refractivity contribution in [2.45, 2.75) is 24.4 Å². The average Bonchev–Trinajstić information content (AvgIpc) is 3.21. The number of halogens is 6. The number of nitrogens with zero attached hydrogens (tertiary/aromatic N) is 4. The number of aromatic nitrogens is 2. The van der Waals surface area contributed by atoms with E-state index in [0.29, 0.717) is 12.2 Å². The number of alkyl halides is 6. The molecule has 0 bridgehead atoms. The summed E-state index contributed by atoms with van der Waals surface area (Å²) in [6, 6.07) is 0. The number of piperazine rings is 1. The highest BCUT2D eigenvalue weighted by atomic mass is 32.3. The summed E-state index contributed by atoms with van der Waals surface area (Å²) >= 11 is 1.23. The first-order valence-corrected chi connectivity index (χ1v) is 11.0. The van der Waals surface area contributed by atoms with Gasteiger partial charge in [0.1, 0.15) is 4.24 Å². The zero-order valence-electron chi connectivity index (χ0n) is 15.1. The zero-order chi connectivity index (χ0) is 22.4. The van der Waals surface area contributed by atoms with Crippen molar-refractivity contribution in [1.82, 2.24) is 14.3 Å². The van der Waals surface area contributed by atoms with E-state index >= 15 is 0 Å². The van der Waals surface area contributed by atoms with Crippen LogP contribution >= 0.6 is 11.8 Å². The Labute approximate surface area is 171 Å². The van der Waals surface area contributed by atoms with E-state index in [4.69, 9.17) is 0 Å². The summed E-state index contributed by atoms with van der Waals surface area (Å²) in [6.07, 6.45) is -9.22. The minimum atomic E-state index is -6.02. The van der Waals surface area contributed by atoms with E-state index in [1.165, 1.54) is 21.0 Å². The fourth-order valence-corrected chi connectivity index (χ4v) is 6.05. The van der Waals surface area contributed by atoms with Crippen molar-refractivity contribution in [3.05, 3.63) is 28.3 Å². The fourth-order valence-electron chi connectivity index (χ4n) is 2.99. The SMILES string of the molecule is O=S(=O)(C1=CCCS1)N1CCN(c2ncc(C(O)(C(F)(F)F)C(F)(F)F)cn2)CC1. The Morgan fingerprint density at radius 1 is 0.967 bits per heavy atom. The van der Waals surface area contributed by atoms with Crippen LogP contribution in [0.4, 0.5) is 32.3 Å². The second kappa shape index (κ2) is 7.84. The molecule has 1 fully saturated rings. The highest BCUT2D eigenvalue weighted by Crippen LogP contribution is 2.49. The molecule has 0 aliphatic carbocycles. The van der Waals surface area contributed by atoms with Crippen LogP contribution in [0.15, 0.2) is 22.7 Å². The Kier molecular flexibility index (Phi) is 6.03.